The summed E-state index contributed by atoms with van der Waals surface area (Å²) in [5.74, 6) is 0.123. The van der Waals surface area contributed by atoms with Crippen LogP contribution in [0, 0.1) is 13.8 Å². The monoisotopic (exact) mass is 264 g/mol. The third-order valence-electron chi connectivity index (χ3n) is 3.06. The summed E-state index contributed by atoms with van der Waals surface area (Å²) in [6.45, 7) is 4.37. The molecule has 1 aliphatic rings. The molecule has 1 fully saturated rings. The molecule has 1 aromatic heterocycles. The molecule has 2 amide bonds. The van der Waals surface area contributed by atoms with Gasteiger partial charge < -0.3 is 15.2 Å². The number of aryl methyl sites for hydroxylation is 2. The van der Waals surface area contributed by atoms with Crippen molar-refractivity contribution < 1.29 is 9.59 Å². The molecule has 0 spiro atoms. The number of rotatable bonds is 2. The van der Waals surface area contributed by atoms with E-state index in [2.05, 4.69) is 15.3 Å². The first-order valence-electron chi connectivity index (χ1n) is 6.08. The third-order valence-corrected chi connectivity index (χ3v) is 3.06. The van der Waals surface area contributed by atoms with E-state index in [1.165, 1.54) is 4.90 Å². The second-order valence-corrected chi connectivity index (χ2v) is 4.56. The largest absolute Gasteiger partial charge is 0.353 e. The number of hydrogen-bond donors (Lipinski definition) is 2. The Labute approximate surface area is 110 Å². The van der Waals surface area contributed by atoms with Crippen LogP contribution in [0.4, 0.5) is 0 Å². The predicted octanol–water partition coefficient (Wildman–Crippen LogP) is -1.11. The van der Waals surface area contributed by atoms with Crippen molar-refractivity contribution in [1.29, 1.82) is 0 Å². The molecule has 19 heavy (non-hydrogen) atoms. The maximum atomic E-state index is 12.1. The molecule has 2 heterocycles. The Bertz CT molecular complexity index is 579. The van der Waals surface area contributed by atoms with E-state index in [-0.39, 0.29) is 30.3 Å². The molecule has 0 bridgehead atoms. The van der Waals surface area contributed by atoms with Gasteiger partial charge in [0.2, 0.25) is 11.8 Å². The highest BCUT2D eigenvalue weighted by molar-refractivity contribution is 5.86. The Morgan fingerprint density at radius 3 is 2.74 bits per heavy atom. The number of H-pyrrole nitrogens is 1. The van der Waals surface area contributed by atoms with Gasteiger partial charge in [0.05, 0.1) is 13.0 Å². The Hall–Kier alpha value is -2.18. The van der Waals surface area contributed by atoms with Gasteiger partial charge in [-0.05, 0) is 13.8 Å². The van der Waals surface area contributed by atoms with E-state index >= 15 is 0 Å². The first-order valence-corrected chi connectivity index (χ1v) is 6.08. The number of nitrogens with zero attached hydrogens (tertiary/aromatic N) is 2. The lowest BCUT2D eigenvalue weighted by Gasteiger charge is -2.26. The normalized spacial score (nSPS) is 15.3. The second kappa shape index (κ2) is 5.21. The molecule has 0 aliphatic carbocycles. The van der Waals surface area contributed by atoms with Crippen molar-refractivity contribution in [2.24, 2.45) is 0 Å². The highest BCUT2D eigenvalue weighted by Gasteiger charge is 2.22. The number of nitrogens with one attached hydrogen (secondary N) is 2. The number of hydrogen-bond acceptors (Lipinski definition) is 4. The minimum Gasteiger partial charge on any atom is -0.353 e. The molecule has 0 aromatic carbocycles. The van der Waals surface area contributed by atoms with Gasteiger partial charge in [0.15, 0.2) is 0 Å². The molecule has 0 saturated carbocycles. The zero-order valence-corrected chi connectivity index (χ0v) is 10.9. The average Bonchev–Trinajstić information content (AvgIpc) is 2.33. The quantitative estimate of drug-likeness (QED) is 0.708. The van der Waals surface area contributed by atoms with Crippen LogP contribution in [0.1, 0.15) is 17.1 Å². The summed E-state index contributed by atoms with van der Waals surface area (Å²) in [6.07, 6.45) is -0.0261. The molecule has 7 heteroatoms. The highest BCUT2D eigenvalue weighted by Crippen LogP contribution is 2.04. The number of carbonyl (C=O) groups excluding carboxylic acids is 2. The smallest absolute Gasteiger partial charge is 0.254 e. The van der Waals surface area contributed by atoms with Crippen LogP contribution >= 0.6 is 0 Å². The summed E-state index contributed by atoms with van der Waals surface area (Å²) < 4.78 is 0. The summed E-state index contributed by atoms with van der Waals surface area (Å²) in [5, 5.41) is 2.65. The second-order valence-electron chi connectivity index (χ2n) is 4.56. The van der Waals surface area contributed by atoms with E-state index in [9.17, 15) is 14.4 Å². The molecule has 2 rings (SSSR count). The Kier molecular flexibility index (Phi) is 3.64. The van der Waals surface area contributed by atoms with Crippen molar-refractivity contribution >= 4 is 11.8 Å². The van der Waals surface area contributed by atoms with Gasteiger partial charge in [-0.25, -0.2) is 4.98 Å². The van der Waals surface area contributed by atoms with Gasteiger partial charge >= 0.3 is 0 Å². The van der Waals surface area contributed by atoms with Gasteiger partial charge in [-0.1, -0.05) is 0 Å². The van der Waals surface area contributed by atoms with Crippen LogP contribution < -0.4 is 10.9 Å². The number of piperazine rings is 1. The minimum atomic E-state index is -0.292. The molecule has 1 saturated heterocycles. The first kappa shape index (κ1) is 13.3. The maximum Gasteiger partial charge on any atom is 0.254 e. The van der Waals surface area contributed by atoms with Crippen LogP contribution in [0.25, 0.3) is 0 Å². The Morgan fingerprint density at radius 1 is 1.37 bits per heavy atom. The van der Waals surface area contributed by atoms with Gasteiger partial charge in [-0.2, -0.15) is 0 Å². The zero-order chi connectivity index (χ0) is 14.0. The molecule has 7 nitrogen and oxygen atoms in total. The summed E-state index contributed by atoms with van der Waals surface area (Å²) in [6, 6.07) is 0. The summed E-state index contributed by atoms with van der Waals surface area (Å²) in [7, 11) is 0. The first-order chi connectivity index (χ1) is 8.97. The van der Waals surface area contributed by atoms with Crippen LogP contribution in [-0.2, 0) is 16.0 Å². The SMILES string of the molecule is Cc1nc(C)c(CC(=O)N2CCNC(=O)C2)c(=O)[nH]1. The topological polar surface area (TPSA) is 95.2 Å². The van der Waals surface area contributed by atoms with E-state index in [4.69, 9.17) is 0 Å². The molecule has 102 valence electrons. The molecule has 0 radical (unpaired) electrons. The molecule has 1 aromatic rings. The van der Waals surface area contributed by atoms with Gasteiger partial charge in [0, 0.05) is 24.3 Å². The molecule has 1 aliphatic heterocycles. The van der Waals surface area contributed by atoms with Crippen LogP contribution in [0.2, 0.25) is 0 Å². The van der Waals surface area contributed by atoms with E-state index in [1.807, 2.05) is 0 Å². The zero-order valence-electron chi connectivity index (χ0n) is 10.9. The Balaban J connectivity index is 2.15. The van der Waals surface area contributed by atoms with Crippen molar-refractivity contribution in [2.45, 2.75) is 20.3 Å². The van der Waals surface area contributed by atoms with E-state index in [1.54, 1.807) is 13.8 Å². The van der Waals surface area contributed by atoms with E-state index < -0.39 is 0 Å². The standard InChI is InChI=1S/C12H16N4O3/c1-7-9(12(19)15-8(2)14-7)5-11(18)16-4-3-13-10(17)6-16/h3-6H2,1-2H3,(H,13,17)(H,14,15,19). The van der Waals surface area contributed by atoms with Crippen LogP contribution in [0.3, 0.4) is 0 Å². The molecule has 0 atom stereocenters. The third kappa shape index (κ3) is 2.98. The van der Waals surface area contributed by atoms with Crippen molar-refractivity contribution in [3.63, 3.8) is 0 Å². The average molecular weight is 264 g/mol. The number of carbonyl (C=O) groups is 2. The van der Waals surface area contributed by atoms with Gasteiger partial charge in [0.25, 0.3) is 5.56 Å². The fourth-order valence-corrected chi connectivity index (χ4v) is 2.07. The van der Waals surface area contributed by atoms with E-state index in [0.29, 0.717) is 30.2 Å². The molecular formula is C12H16N4O3. The van der Waals surface area contributed by atoms with Crippen molar-refractivity contribution in [3.8, 4) is 0 Å². The highest BCUT2D eigenvalue weighted by atomic mass is 16.2. The summed E-state index contributed by atoms with van der Waals surface area (Å²) in [4.78, 5) is 43.3. The van der Waals surface area contributed by atoms with Crippen LogP contribution in [0.15, 0.2) is 4.79 Å². The lowest BCUT2D eigenvalue weighted by atomic mass is 10.1. The summed E-state index contributed by atoms with van der Waals surface area (Å²) >= 11 is 0. The predicted molar refractivity (Wildman–Crippen MR) is 67.6 cm³/mol. The molecule has 0 unspecified atom stereocenters. The lowest BCUT2D eigenvalue weighted by Crippen LogP contribution is -2.50. The van der Waals surface area contributed by atoms with Crippen molar-refractivity contribution in [2.75, 3.05) is 19.6 Å². The number of aromatic nitrogens is 2. The van der Waals surface area contributed by atoms with Crippen molar-refractivity contribution in [3.05, 3.63) is 27.4 Å². The number of amides is 2. The maximum absolute atomic E-state index is 12.1. The van der Waals surface area contributed by atoms with Crippen LogP contribution in [0.5, 0.6) is 0 Å². The fourth-order valence-electron chi connectivity index (χ4n) is 2.07. The van der Waals surface area contributed by atoms with Gasteiger partial charge in [-0.3, -0.25) is 14.4 Å². The molecule has 2 N–H and O–H groups in total. The van der Waals surface area contributed by atoms with Crippen molar-refractivity contribution in [1.82, 2.24) is 20.2 Å². The van der Waals surface area contributed by atoms with Gasteiger partial charge in [-0.15, -0.1) is 0 Å². The van der Waals surface area contributed by atoms with E-state index in [0.717, 1.165) is 0 Å². The minimum absolute atomic E-state index is 0.0261. The number of aromatic amines is 1. The van der Waals surface area contributed by atoms with Crippen LogP contribution in [-0.4, -0.2) is 46.3 Å². The fraction of sp³-hybridized carbons (Fsp3) is 0.500. The van der Waals surface area contributed by atoms with Gasteiger partial charge in [0.1, 0.15) is 5.82 Å². The summed E-state index contributed by atoms with van der Waals surface area (Å²) in [5.41, 5.74) is 0.623. The Morgan fingerprint density at radius 2 is 2.11 bits per heavy atom. The molecular weight excluding hydrogens is 248 g/mol. The lowest BCUT2D eigenvalue weighted by molar-refractivity contribution is -0.137.